The number of rotatable bonds is 0. The van der Waals surface area contributed by atoms with Gasteiger partial charge in [0, 0.05) is 0 Å². The summed E-state index contributed by atoms with van der Waals surface area (Å²) in [5.41, 5.74) is 0.327. The lowest BCUT2D eigenvalue weighted by Gasteiger charge is -1.89. The molecule has 56 valence electrons. The molecule has 0 unspecified atom stereocenters. The minimum absolute atomic E-state index is 0.00463. The van der Waals surface area contributed by atoms with E-state index in [1.165, 1.54) is 6.07 Å². The molecule has 2 aromatic rings. The van der Waals surface area contributed by atoms with E-state index >= 15 is 0 Å². The van der Waals surface area contributed by atoms with E-state index in [2.05, 4.69) is 10.2 Å². The van der Waals surface area contributed by atoms with Gasteiger partial charge in [0.15, 0.2) is 0 Å². The molecule has 1 aromatic heterocycles. The zero-order chi connectivity index (χ0) is 7.84. The van der Waals surface area contributed by atoms with Crippen LogP contribution in [0.5, 0.6) is 5.75 Å². The number of aromatic hydroxyl groups is 1. The third-order valence-electron chi connectivity index (χ3n) is 1.58. The number of fused-ring (bicyclic) bond motifs is 1. The van der Waals surface area contributed by atoms with Gasteiger partial charge in [0.25, 0.3) is 5.56 Å². The third-order valence-corrected chi connectivity index (χ3v) is 1.58. The maximum Gasteiger partial charge on any atom is 0.275 e. The molecule has 11 heavy (non-hydrogen) atoms. The lowest BCUT2D eigenvalue weighted by Crippen LogP contribution is -1.97. The number of phenols is 1. The van der Waals surface area contributed by atoms with Gasteiger partial charge in [-0.15, -0.1) is 0 Å². The van der Waals surface area contributed by atoms with Crippen LogP contribution in [-0.4, -0.2) is 15.3 Å². The van der Waals surface area contributed by atoms with Crippen molar-refractivity contribution in [3.63, 3.8) is 0 Å². The van der Waals surface area contributed by atoms with E-state index in [0.717, 1.165) is 0 Å². The Hall–Kier alpha value is -1.71. The molecule has 4 nitrogen and oxygen atoms in total. The Kier molecular flexibility index (Phi) is 1.03. The van der Waals surface area contributed by atoms with E-state index in [0.29, 0.717) is 10.9 Å². The molecule has 1 aromatic carbocycles. The summed E-state index contributed by atoms with van der Waals surface area (Å²) in [4.78, 5) is 11.0. The Bertz CT molecular complexity index is 441. The van der Waals surface area contributed by atoms with Crippen molar-refractivity contribution in [1.29, 1.82) is 0 Å². The summed E-state index contributed by atoms with van der Waals surface area (Å²) >= 11 is 0. The number of nitrogens with one attached hydrogen (secondary N) is 2. The van der Waals surface area contributed by atoms with E-state index in [1.807, 2.05) is 0 Å². The predicted octanol–water partition coefficient (Wildman–Crippen LogP) is 0.562. The van der Waals surface area contributed by atoms with Gasteiger partial charge >= 0.3 is 0 Å². The highest BCUT2D eigenvalue weighted by atomic mass is 16.3. The first kappa shape index (κ1) is 6.03. The van der Waals surface area contributed by atoms with Gasteiger partial charge in [-0.3, -0.25) is 15.0 Å². The monoisotopic (exact) mass is 150 g/mol. The molecule has 0 atom stereocenters. The Morgan fingerprint density at radius 3 is 2.82 bits per heavy atom. The molecule has 0 radical (unpaired) electrons. The highest BCUT2D eigenvalue weighted by Gasteiger charge is 2.03. The van der Waals surface area contributed by atoms with Crippen LogP contribution >= 0.6 is 0 Å². The molecule has 0 fully saturated rings. The maximum atomic E-state index is 11.0. The molecule has 0 spiro atoms. The quantitative estimate of drug-likeness (QED) is 0.513. The largest absolute Gasteiger partial charge is 0.507 e. The van der Waals surface area contributed by atoms with E-state index in [-0.39, 0.29) is 11.3 Å². The molecule has 4 heteroatoms. The zero-order valence-corrected chi connectivity index (χ0v) is 5.59. The fraction of sp³-hybridized carbons (Fsp3) is 0. The summed E-state index contributed by atoms with van der Waals surface area (Å²) in [5.74, 6) is 0.00463. The fourth-order valence-electron chi connectivity index (χ4n) is 1.07. The van der Waals surface area contributed by atoms with Gasteiger partial charge < -0.3 is 5.11 Å². The second-order valence-corrected chi connectivity index (χ2v) is 2.28. The van der Waals surface area contributed by atoms with Crippen LogP contribution in [0.2, 0.25) is 0 Å². The van der Waals surface area contributed by atoms with Gasteiger partial charge in [0.1, 0.15) is 11.1 Å². The Labute approximate surface area is 61.5 Å². The summed E-state index contributed by atoms with van der Waals surface area (Å²) in [5, 5.41) is 14.5. The fourth-order valence-corrected chi connectivity index (χ4v) is 1.07. The average Bonchev–Trinajstić information content (AvgIpc) is 2.34. The Morgan fingerprint density at radius 2 is 2.09 bits per heavy atom. The third kappa shape index (κ3) is 0.724. The number of H-pyrrole nitrogens is 2. The number of phenolic OH excluding ortho intramolecular Hbond substituents is 1. The van der Waals surface area contributed by atoms with Gasteiger partial charge in [0.2, 0.25) is 0 Å². The van der Waals surface area contributed by atoms with Crippen molar-refractivity contribution < 1.29 is 5.11 Å². The molecular weight excluding hydrogens is 144 g/mol. The first-order valence-corrected chi connectivity index (χ1v) is 3.17. The predicted molar refractivity (Wildman–Crippen MR) is 40.6 cm³/mol. The normalized spacial score (nSPS) is 10.5. The lowest BCUT2D eigenvalue weighted by atomic mass is 10.2. The standard InChI is InChI=1S/C7H6N2O2/c10-5-3-1-2-4-6(5)7(11)9-8-4/h1-3,10H,(H2,8,9,11). The number of hydrogen-bond acceptors (Lipinski definition) is 2. The van der Waals surface area contributed by atoms with E-state index < -0.39 is 0 Å². The minimum Gasteiger partial charge on any atom is -0.507 e. The van der Waals surface area contributed by atoms with Crippen LogP contribution in [0.3, 0.4) is 0 Å². The van der Waals surface area contributed by atoms with Crippen molar-refractivity contribution in [1.82, 2.24) is 10.2 Å². The SMILES string of the molecule is O=c1[nH][nH]c2cccc(O)c12. The summed E-state index contributed by atoms with van der Waals surface area (Å²) < 4.78 is 0. The molecule has 0 saturated heterocycles. The second kappa shape index (κ2) is 1.88. The van der Waals surface area contributed by atoms with Gasteiger partial charge in [-0.2, -0.15) is 0 Å². The van der Waals surface area contributed by atoms with Crippen LogP contribution in [-0.2, 0) is 0 Å². The van der Waals surface area contributed by atoms with E-state index in [9.17, 15) is 9.90 Å². The smallest absolute Gasteiger partial charge is 0.275 e. The van der Waals surface area contributed by atoms with Gasteiger partial charge in [-0.25, -0.2) is 0 Å². The highest BCUT2D eigenvalue weighted by Crippen LogP contribution is 2.17. The molecule has 0 amide bonds. The molecule has 3 N–H and O–H groups in total. The summed E-state index contributed by atoms with van der Waals surface area (Å²) in [6.07, 6.45) is 0. The molecular formula is C7H6N2O2. The molecule has 0 aliphatic carbocycles. The first-order chi connectivity index (χ1) is 5.29. The van der Waals surface area contributed by atoms with Crippen LogP contribution in [0.4, 0.5) is 0 Å². The van der Waals surface area contributed by atoms with Gasteiger partial charge in [-0.1, -0.05) is 6.07 Å². The van der Waals surface area contributed by atoms with Gasteiger partial charge in [0.05, 0.1) is 5.52 Å². The van der Waals surface area contributed by atoms with Crippen LogP contribution in [0, 0.1) is 0 Å². The van der Waals surface area contributed by atoms with E-state index in [4.69, 9.17) is 0 Å². The number of hydrogen-bond donors (Lipinski definition) is 3. The lowest BCUT2D eigenvalue weighted by molar-refractivity contribution is 0.481. The average molecular weight is 150 g/mol. The number of aromatic amines is 2. The van der Waals surface area contributed by atoms with Crippen LogP contribution < -0.4 is 5.56 Å². The van der Waals surface area contributed by atoms with Crippen molar-refractivity contribution in [3.8, 4) is 5.75 Å². The van der Waals surface area contributed by atoms with Crippen LogP contribution in [0.25, 0.3) is 10.9 Å². The van der Waals surface area contributed by atoms with Crippen molar-refractivity contribution in [2.45, 2.75) is 0 Å². The Balaban J connectivity index is 3.08. The van der Waals surface area contributed by atoms with E-state index in [1.54, 1.807) is 12.1 Å². The zero-order valence-electron chi connectivity index (χ0n) is 5.59. The van der Waals surface area contributed by atoms with Crippen molar-refractivity contribution in [2.75, 3.05) is 0 Å². The maximum absolute atomic E-state index is 11.0. The summed E-state index contributed by atoms with van der Waals surface area (Å²) in [7, 11) is 0. The first-order valence-electron chi connectivity index (χ1n) is 3.17. The summed E-state index contributed by atoms with van der Waals surface area (Å²) in [6.45, 7) is 0. The number of benzene rings is 1. The van der Waals surface area contributed by atoms with Crippen molar-refractivity contribution >= 4 is 10.9 Å². The molecule has 0 aliphatic heterocycles. The minimum atomic E-state index is -0.293. The van der Waals surface area contributed by atoms with Gasteiger partial charge in [-0.05, 0) is 12.1 Å². The highest BCUT2D eigenvalue weighted by molar-refractivity contribution is 5.83. The van der Waals surface area contributed by atoms with Crippen molar-refractivity contribution in [3.05, 3.63) is 28.6 Å². The molecule has 0 aliphatic rings. The van der Waals surface area contributed by atoms with Crippen LogP contribution in [0.1, 0.15) is 0 Å². The molecule has 0 saturated carbocycles. The Morgan fingerprint density at radius 1 is 1.27 bits per heavy atom. The topological polar surface area (TPSA) is 68.9 Å². The molecule has 2 rings (SSSR count). The van der Waals surface area contributed by atoms with Crippen molar-refractivity contribution in [2.24, 2.45) is 0 Å². The molecule has 0 bridgehead atoms. The molecule has 1 heterocycles. The number of aromatic nitrogens is 2. The summed E-state index contributed by atoms with van der Waals surface area (Å²) in [6, 6.07) is 4.86. The second-order valence-electron chi connectivity index (χ2n) is 2.28. The van der Waals surface area contributed by atoms with Crippen LogP contribution in [0.15, 0.2) is 23.0 Å².